The molecular weight excluding hydrogens is 1300 g/mol. The van der Waals surface area contributed by atoms with Gasteiger partial charge in [-0.1, -0.05) is 73.9 Å². The van der Waals surface area contributed by atoms with Crippen molar-refractivity contribution in [1.82, 2.24) is 58.1 Å². The highest BCUT2D eigenvalue weighted by Gasteiger charge is 2.42. The number of aliphatic carboxylic acids is 1. The van der Waals surface area contributed by atoms with Crippen LogP contribution >= 0.6 is 0 Å². The maximum atomic E-state index is 14.7. The van der Waals surface area contributed by atoms with Crippen LogP contribution in [0.2, 0.25) is 0 Å². The van der Waals surface area contributed by atoms with E-state index in [1.807, 2.05) is 6.92 Å². The van der Waals surface area contributed by atoms with Crippen LogP contribution in [0.25, 0.3) is 0 Å². The third-order valence-corrected chi connectivity index (χ3v) is 17.0. The summed E-state index contributed by atoms with van der Waals surface area (Å²) in [6, 6.07) is -11.3. The van der Waals surface area contributed by atoms with Gasteiger partial charge < -0.3 is 113 Å². The summed E-state index contributed by atoms with van der Waals surface area (Å²) in [6.07, 6.45) is -0.599. The number of rotatable bonds is 46. The molecule has 1 heterocycles. The molecule has 1 aliphatic rings. The Morgan fingerprint density at radius 2 is 0.960 bits per heavy atom. The molecule has 0 radical (unpaired) electrons. The maximum absolute atomic E-state index is 14.7. The first-order chi connectivity index (χ1) is 47.0. The molecule has 0 bridgehead atoms. The molecule has 1 aromatic rings. The number of carboxylic acid groups (broad SMARTS) is 1. The van der Waals surface area contributed by atoms with Gasteiger partial charge in [0, 0.05) is 25.9 Å². The molecule has 14 atom stereocenters. The first-order valence-electron chi connectivity index (χ1n) is 34.2. The van der Waals surface area contributed by atoms with E-state index in [0.717, 1.165) is 0 Å². The van der Waals surface area contributed by atoms with E-state index in [9.17, 15) is 82.8 Å². The highest BCUT2D eigenvalue weighted by Crippen LogP contribution is 2.22. The minimum Gasteiger partial charge on any atom is -0.508 e. The Bertz CT molecular complexity index is 2920. The van der Waals surface area contributed by atoms with Crippen molar-refractivity contribution in [2.24, 2.45) is 63.1 Å². The molecule has 0 saturated carbocycles. The highest BCUT2D eigenvalue weighted by molar-refractivity contribution is 6.00. The Hall–Kier alpha value is -8.80. The lowest BCUT2D eigenvalue weighted by Gasteiger charge is -2.32. The molecule has 0 spiro atoms. The third-order valence-electron chi connectivity index (χ3n) is 17.0. The van der Waals surface area contributed by atoms with Crippen molar-refractivity contribution in [3.05, 3.63) is 29.8 Å². The van der Waals surface area contributed by atoms with Crippen LogP contribution in [0.5, 0.6) is 5.75 Å². The number of likely N-dealkylation sites (tertiary alicyclic amines) is 1. The lowest BCUT2D eigenvalue weighted by atomic mass is 9.97. The van der Waals surface area contributed by atoms with Crippen LogP contribution in [0, 0.1) is 23.7 Å². The minimum absolute atomic E-state index is 0.0159. The Balaban J connectivity index is 2.54. The van der Waals surface area contributed by atoms with Crippen molar-refractivity contribution < 1.29 is 82.8 Å². The molecule has 35 nitrogen and oxygen atoms in total. The van der Waals surface area contributed by atoms with E-state index in [0.29, 0.717) is 31.2 Å². The van der Waals surface area contributed by atoms with Gasteiger partial charge in [0.1, 0.15) is 72.2 Å². The molecular formula is C65H112N18O17. The molecule has 1 fully saturated rings. The zero-order valence-corrected chi connectivity index (χ0v) is 59.0. The van der Waals surface area contributed by atoms with Crippen molar-refractivity contribution in [3.63, 3.8) is 0 Å². The number of guanidine groups is 1. The van der Waals surface area contributed by atoms with Crippen LogP contribution in [-0.2, 0) is 68.7 Å². The van der Waals surface area contributed by atoms with Gasteiger partial charge in [-0.2, -0.15) is 0 Å². The number of nitrogens with two attached hydrogens (primary N) is 6. The first kappa shape index (κ1) is 87.3. The van der Waals surface area contributed by atoms with Gasteiger partial charge in [0.25, 0.3) is 0 Å². The smallest absolute Gasteiger partial charge is 0.328 e. The van der Waals surface area contributed by atoms with E-state index in [1.165, 1.54) is 36.1 Å². The summed E-state index contributed by atoms with van der Waals surface area (Å²) in [5.74, 6) is -14.3. The van der Waals surface area contributed by atoms with Crippen LogP contribution in [0.4, 0.5) is 0 Å². The Kier molecular flexibility index (Phi) is 38.7. The largest absolute Gasteiger partial charge is 0.508 e. The fourth-order valence-electron chi connectivity index (χ4n) is 10.7. The Morgan fingerprint density at radius 1 is 0.540 bits per heavy atom. The summed E-state index contributed by atoms with van der Waals surface area (Å²) < 4.78 is 0. The van der Waals surface area contributed by atoms with Crippen LogP contribution in [0.15, 0.2) is 29.3 Å². The molecule has 0 aliphatic carbocycles. The number of amides is 12. The lowest BCUT2D eigenvalue weighted by Crippen LogP contribution is -2.62. The topological polar surface area (TPSA) is 595 Å². The predicted octanol–water partition coefficient (Wildman–Crippen LogP) is -4.85. The molecule has 35 heteroatoms. The number of aromatic hydroxyl groups is 1. The molecule has 1 aromatic carbocycles. The molecule has 0 unspecified atom stereocenters. The van der Waals surface area contributed by atoms with E-state index in [1.54, 1.807) is 48.5 Å². The van der Waals surface area contributed by atoms with Gasteiger partial charge in [-0.3, -0.25) is 62.5 Å². The summed E-state index contributed by atoms with van der Waals surface area (Å²) >= 11 is 0. The van der Waals surface area contributed by atoms with Crippen molar-refractivity contribution in [2.75, 3.05) is 32.8 Å². The number of hydrogen-bond donors (Lipinski definition) is 20. The van der Waals surface area contributed by atoms with Crippen LogP contribution in [0.1, 0.15) is 151 Å². The predicted molar refractivity (Wildman–Crippen MR) is 368 cm³/mol. The molecule has 2 rings (SSSR count). The van der Waals surface area contributed by atoms with Gasteiger partial charge >= 0.3 is 5.97 Å². The number of aliphatic hydroxyl groups excluding tert-OH is 2. The summed E-state index contributed by atoms with van der Waals surface area (Å²) in [5.41, 5.74) is 34.7. The first-order valence-corrected chi connectivity index (χ1v) is 34.2. The van der Waals surface area contributed by atoms with Crippen LogP contribution in [-0.4, -0.2) is 220 Å². The van der Waals surface area contributed by atoms with Gasteiger partial charge in [0.15, 0.2) is 5.96 Å². The van der Waals surface area contributed by atoms with Gasteiger partial charge in [0.2, 0.25) is 70.9 Å². The zero-order valence-electron chi connectivity index (χ0n) is 59.0. The molecule has 1 aliphatic heterocycles. The number of phenols is 1. The van der Waals surface area contributed by atoms with E-state index < -0.39 is 186 Å². The molecule has 1 saturated heterocycles. The molecule has 0 aromatic heterocycles. The van der Waals surface area contributed by atoms with Crippen molar-refractivity contribution in [3.8, 4) is 5.75 Å². The standard InChI is InChI=1S/C65H112N18O17/c1-10-36(8)48(69)59(94)80-50(34(4)5)60(95)75-42(19-15-29-72-65(70)71)54(89)77-44(31-38-21-23-39(86)24-22-38)57(92)82-52(37(9)85)62(97)76-40(17-11-13-27-66)53(88)73-41(18-12-14-28-67)55(90)81-51(35(6)7)63(98)83-30-16-20-46(83)58(93)74-43(25-26-47(68)87)56(91)79-49(33(2)3)61(96)78-45(32-84)64(99)100/h21-24,33-37,40-46,48-52,84-86H,10-20,25-32,66-67,69H2,1-9H3,(H2,68,87)(H,73,88)(H,74,93)(H,75,95)(H,76,97)(H,77,89)(H,78,96)(H,79,91)(H,80,94)(H,81,90)(H,82,92)(H,99,100)(H4,70,71,72)/t36-,37+,40-,41-,42-,43-,44-,45-,46-,48-,49-,50-,51-,52-/m0/s1. The fourth-order valence-corrected chi connectivity index (χ4v) is 10.7. The number of primary amides is 1. The summed E-state index contributed by atoms with van der Waals surface area (Å²) in [7, 11) is 0. The normalized spacial score (nSPS) is 16.8. The van der Waals surface area contributed by atoms with Crippen molar-refractivity contribution >= 4 is 82.8 Å². The number of aliphatic imine (C=N–C) groups is 1. The lowest BCUT2D eigenvalue weighted by molar-refractivity contribution is -0.144. The highest BCUT2D eigenvalue weighted by atomic mass is 16.4. The van der Waals surface area contributed by atoms with Gasteiger partial charge in [-0.05, 0) is 132 Å². The van der Waals surface area contributed by atoms with E-state index >= 15 is 0 Å². The summed E-state index contributed by atoms with van der Waals surface area (Å²) in [4.78, 5) is 185. The summed E-state index contributed by atoms with van der Waals surface area (Å²) in [6.45, 7) is 14.0. The second-order valence-electron chi connectivity index (χ2n) is 26.3. The number of carbonyl (C=O) groups is 13. The minimum atomic E-state index is -1.83. The van der Waals surface area contributed by atoms with Crippen molar-refractivity contribution in [1.29, 1.82) is 0 Å². The number of benzene rings is 1. The number of nitrogens with one attached hydrogen (secondary N) is 10. The molecule has 100 heavy (non-hydrogen) atoms. The number of unbranched alkanes of at least 4 members (excludes halogenated alkanes) is 2. The number of aliphatic hydroxyl groups is 2. The molecule has 564 valence electrons. The Labute approximate surface area is 583 Å². The van der Waals surface area contributed by atoms with Crippen LogP contribution in [0.3, 0.4) is 0 Å². The molecule has 26 N–H and O–H groups in total. The second-order valence-corrected chi connectivity index (χ2v) is 26.3. The third kappa shape index (κ3) is 29.6. The summed E-state index contributed by atoms with van der Waals surface area (Å²) in [5, 5.41) is 65.9. The van der Waals surface area contributed by atoms with E-state index in [4.69, 9.17) is 34.4 Å². The fraction of sp³-hybridized carbons (Fsp3) is 0.692. The van der Waals surface area contributed by atoms with Gasteiger partial charge in [0.05, 0.1) is 18.8 Å². The SMILES string of the molecule is CC[C@H](C)[C@H](N)C(=O)N[C@H](C(=O)N[C@@H](CCCN=C(N)N)C(=O)N[C@@H](Cc1ccc(O)cc1)C(=O)N[C@H](C(=O)N[C@@H](CCCCN)C(=O)N[C@@H](CCCCN)C(=O)N[C@H](C(=O)N1CCC[C@H]1C(=O)N[C@@H](CCC(N)=O)C(=O)N[C@H](C(=O)N[C@@H](CO)C(=O)O)C(C)C)C(C)C)[C@@H](C)O)C(C)C. The number of phenolic OH excluding ortho intramolecular Hbond substituents is 1. The van der Waals surface area contributed by atoms with E-state index in [-0.39, 0.29) is 102 Å². The quantitative estimate of drug-likeness (QED) is 0.0165. The average Bonchev–Trinajstić information content (AvgIpc) is 1.60. The monoisotopic (exact) mass is 1420 g/mol. The number of carboxylic acids is 1. The van der Waals surface area contributed by atoms with E-state index in [2.05, 4.69) is 58.2 Å². The average molecular weight is 1420 g/mol. The number of carbonyl (C=O) groups excluding carboxylic acids is 12. The number of hydrogen-bond acceptors (Lipinski definition) is 20. The van der Waals surface area contributed by atoms with Gasteiger partial charge in [-0.15, -0.1) is 0 Å². The maximum Gasteiger partial charge on any atom is 0.328 e. The van der Waals surface area contributed by atoms with Crippen molar-refractivity contribution in [2.45, 2.75) is 231 Å². The molecule has 12 amide bonds. The van der Waals surface area contributed by atoms with Crippen LogP contribution < -0.4 is 87.6 Å². The second kappa shape index (κ2) is 44.4. The Morgan fingerprint density at radius 3 is 1.41 bits per heavy atom. The number of nitrogens with zero attached hydrogens (tertiary/aromatic N) is 2. The van der Waals surface area contributed by atoms with Gasteiger partial charge in [-0.25, -0.2) is 4.79 Å². The zero-order chi connectivity index (χ0) is 75.7.